The first-order valence-electron chi connectivity index (χ1n) is 14.3. The number of benzene rings is 2. The van der Waals surface area contributed by atoms with Gasteiger partial charge >= 0.3 is 5.97 Å². The second kappa shape index (κ2) is 13.4. The average molecular weight is 536 g/mol. The average Bonchev–Trinajstić information content (AvgIpc) is 2.92. The highest BCUT2D eigenvalue weighted by atomic mass is 19.1. The summed E-state index contributed by atoms with van der Waals surface area (Å²) >= 11 is 0. The van der Waals surface area contributed by atoms with E-state index in [1.165, 1.54) is 12.5 Å². The number of fused-ring (bicyclic) bond motifs is 1. The van der Waals surface area contributed by atoms with Crippen LogP contribution in [0.25, 0.3) is 0 Å². The van der Waals surface area contributed by atoms with Crippen LogP contribution in [-0.4, -0.2) is 61.7 Å². The molecule has 6 nitrogen and oxygen atoms in total. The monoisotopic (exact) mass is 535 g/mol. The Bertz CT molecular complexity index is 1140. The van der Waals surface area contributed by atoms with E-state index in [-0.39, 0.29) is 23.3 Å². The molecule has 2 atom stereocenters. The van der Waals surface area contributed by atoms with Crippen molar-refractivity contribution in [3.05, 3.63) is 65.0 Å². The summed E-state index contributed by atoms with van der Waals surface area (Å²) in [6.07, 6.45) is 5.28. The first kappa shape index (κ1) is 29.0. The predicted octanol–water partition coefficient (Wildman–Crippen LogP) is 5.68. The highest BCUT2D eigenvalue weighted by Crippen LogP contribution is 2.47. The minimum atomic E-state index is -0.259. The van der Waals surface area contributed by atoms with Gasteiger partial charge in [-0.3, -0.25) is 4.79 Å². The number of rotatable bonds is 11. The van der Waals surface area contributed by atoms with E-state index in [9.17, 15) is 9.18 Å². The van der Waals surface area contributed by atoms with Crippen LogP contribution in [0.5, 0.6) is 5.75 Å². The molecule has 0 N–H and O–H groups in total. The zero-order chi connectivity index (χ0) is 27.8. The third kappa shape index (κ3) is 7.38. The predicted molar refractivity (Wildman–Crippen MR) is 150 cm³/mol. The summed E-state index contributed by atoms with van der Waals surface area (Å²) in [6.45, 7) is 8.83. The zero-order valence-electron chi connectivity index (χ0n) is 23.6. The van der Waals surface area contributed by atoms with Crippen LogP contribution < -0.4 is 4.74 Å². The van der Waals surface area contributed by atoms with Gasteiger partial charge in [-0.2, -0.15) is 5.26 Å². The van der Waals surface area contributed by atoms with Gasteiger partial charge in [0.25, 0.3) is 0 Å². The number of ether oxygens (including phenoxy) is 2. The van der Waals surface area contributed by atoms with Gasteiger partial charge in [-0.15, -0.1) is 0 Å². The van der Waals surface area contributed by atoms with Gasteiger partial charge in [0.05, 0.1) is 18.2 Å². The molecule has 2 aliphatic heterocycles. The third-order valence-corrected chi connectivity index (χ3v) is 8.38. The van der Waals surface area contributed by atoms with Crippen LogP contribution in [0.15, 0.2) is 42.5 Å². The molecule has 1 saturated heterocycles. The zero-order valence-corrected chi connectivity index (χ0v) is 23.6. The molecule has 0 spiro atoms. The second-order valence-electron chi connectivity index (χ2n) is 11.3. The maximum absolute atomic E-state index is 14.7. The maximum atomic E-state index is 14.7. The molecule has 39 heavy (non-hydrogen) atoms. The van der Waals surface area contributed by atoms with Gasteiger partial charge in [0.2, 0.25) is 0 Å². The Morgan fingerprint density at radius 2 is 1.95 bits per heavy atom. The number of piperidine rings is 1. The number of carbonyl (C=O) groups excluding carboxylic acids is 1. The molecule has 1 unspecified atom stereocenters. The summed E-state index contributed by atoms with van der Waals surface area (Å²) in [6, 6.07) is 14.6. The second-order valence-corrected chi connectivity index (χ2v) is 11.3. The van der Waals surface area contributed by atoms with Gasteiger partial charge in [-0.05, 0) is 106 Å². The molecule has 4 rings (SSSR count). The Kier molecular flexibility index (Phi) is 9.99. The SMILES string of the molecule is CCC[C@@H](CC1(C2CCN(CCCOc3ccc(C#N)cc3)CC2)CN(C)Cc2ccc(F)cc21)OC(C)=O. The minimum Gasteiger partial charge on any atom is -0.494 e. The first-order chi connectivity index (χ1) is 18.8. The van der Waals surface area contributed by atoms with E-state index in [0.717, 1.165) is 82.6 Å². The Morgan fingerprint density at radius 3 is 2.62 bits per heavy atom. The Morgan fingerprint density at radius 1 is 1.21 bits per heavy atom. The van der Waals surface area contributed by atoms with Crippen LogP contribution in [0.1, 0.15) is 69.1 Å². The van der Waals surface area contributed by atoms with E-state index >= 15 is 0 Å². The molecular weight excluding hydrogens is 493 g/mol. The van der Waals surface area contributed by atoms with Crippen molar-refractivity contribution in [1.82, 2.24) is 9.80 Å². The van der Waals surface area contributed by atoms with Gasteiger partial charge in [0.1, 0.15) is 17.7 Å². The molecule has 0 bridgehead atoms. The third-order valence-electron chi connectivity index (χ3n) is 8.38. The van der Waals surface area contributed by atoms with Crippen molar-refractivity contribution in [3.8, 4) is 11.8 Å². The number of halogens is 1. The number of esters is 1. The van der Waals surface area contributed by atoms with E-state index in [0.29, 0.717) is 18.1 Å². The number of nitrogens with zero attached hydrogens (tertiary/aromatic N) is 3. The van der Waals surface area contributed by atoms with Crippen molar-refractivity contribution in [1.29, 1.82) is 5.26 Å². The minimum absolute atomic E-state index is 0.174. The van der Waals surface area contributed by atoms with Crippen LogP contribution in [0.3, 0.4) is 0 Å². The molecule has 0 saturated carbocycles. The topological polar surface area (TPSA) is 65.8 Å². The summed E-state index contributed by atoms with van der Waals surface area (Å²) in [4.78, 5) is 16.8. The van der Waals surface area contributed by atoms with Crippen LogP contribution in [0.4, 0.5) is 4.39 Å². The molecule has 2 heterocycles. The van der Waals surface area contributed by atoms with Crippen molar-refractivity contribution in [2.24, 2.45) is 5.92 Å². The summed E-state index contributed by atoms with van der Waals surface area (Å²) in [7, 11) is 2.14. The normalized spacial score (nSPS) is 21.1. The molecule has 0 aromatic heterocycles. The molecule has 1 fully saturated rings. The lowest BCUT2D eigenvalue weighted by molar-refractivity contribution is -0.148. The quantitative estimate of drug-likeness (QED) is 0.272. The van der Waals surface area contributed by atoms with E-state index in [1.807, 2.05) is 18.2 Å². The smallest absolute Gasteiger partial charge is 0.302 e. The van der Waals surface area contributed by atoms with Crippen molar-refractivity contribution in [2.75, 3.05) is 39.8 Å². The molecule has 2 aliphatic rings. The summed E-state index contributed by atoms with van der Waals surface area (Å²) in [5.74, 6) is 0.727. The van der Waals surface area contributed by atoms with Crippen LogP contribution in [0.2, 0.25) is 0 Å². The fourth-order valence-corrected chi connectivity index (χ4v) is 6.73. The van der Waals surface area contributed by atoms with E-state index < -0.39 is 0 Å². The lowest BCUT2D eigenvalue weighted by Crippen LogP contribution is -2.53. The number of nitriles is 1. The lowest BCUT2D eigenvalue weighted by Gasteiger charge is -2.51. The lowest BCUT2D eigenvalue weighted by atomic mass is 9.61. The number of hydrogen-bond acceptors (Lipinski definition) is 6. The molecular formula is C32H42FN3O3. The van der Waals surface area contributed by atoms with E-state index in [4.69, 9.17) is 14.7 Å². The molecule has 2 aromatic rings. The van der Waals surface area contributed by atoms with Crippen molar-refractivity contribution >= 4 is 5.97 Å². The van der Waals surface area contributed by atoms with Gasteiger partial charge < -0.3 is 19.3 Å². The van der Waals surface area contributed by atoms with Crippen LogP contribution >= 0.6 is 0 Å². The standard InChI is InChI=1S/C32H42FN3O3/c1-4-6-30(39-24(2)37)20-32(23-35(3)22-26-9-10-28(33)19-31(26)32)27-13-16-36(17-14-27)15-5-18-38-29-11-7-25(21-34)8-12-29/h7-12,19,27,30H,4-6,13-18,20,22-23H2,1-3H3/t30-,32?/m0/s1. The van der Waals surface area contributed by atoms with Crippen molar-refractivity contribution < 1.29 is 18.7 Å². The molecule has 210 valence electrons. The van der Waals surface area contributed by atoms with Gasteiger partial charge in [-0.1, -0.05) is 19.4 Å². The number of carbonyl (C=O) groups is 1. The first-order valence-corrected chi connectivity index (χ1v) is 14.3. The molecule has 0 aliphatic carbocycles. The van der Waals surface area contributed by atoms with E-state index in [1.54, 1.807) is 24.3 Å². The Labute approximate surface area is 232 Å². The highest BCUT2D eigenvalue weighted by molar-refractivity contribution is 5.66. The van der Waals surface area contributed by atoms with Crippen LogP contribution in [0, 0.1) is 23.1 Å². The molecule has 2 aromatic carbocycles. The largest absolute Gasteiger partial charge is 0.494 e. The molecule has 0 radical (unpaired) electrons. The Balaban J connectivity index is 1.44. The summed E-state index contributed by atoms with van der Waals surface area (Å²) in [5.41, 5.74) is 2.67. The summed E-state index contributed by atoms with van der Waals surface area (Å²) in [5, 5.41) is 8.94. The van der Waals surface area contributed by atoms with E-state index in [2.05, 4.69) is 29.8 Å². The van der Waals surface area contributed by atoms with Gasteiger partial charge in [0.15, 0.2) is 0 Å². The number of likely N-dealkylation sites (N-methyl/N-ethyl adjacent to an activating group) is 1. The maximum Gasteiger partial charge on any atom is 0.302 e. The Hall–Kier alpha value is -2.95. The fraction of sp³-hybridized carbons (Fsp3) is 0.562. The number of hydrogen-bond donors (Lipinski definition) is 0. The molecule has 7 heteroatoms. The molecule has 0 amide bonds. The van der Waals surface area contributed by atoms with Crippen molar-refractivity contribution in [3.63, 3.8) is 0 Å². The van der Waals surface area contributed by atoms with Crippen LogP contribution in [-0.2, 0) is 21.5 Å². The van der Waals surface area contributed by atoms with Gasteiger partial charge in [0, 0.05) is 32.0 Å². The number of likely N-dealkylation sites (tertiary alicyclic amines) is 1. The highest BCUT2D eigenvalue weighted by Gasteiger charge is 2.47. The van der Waals surface area contributed by atoms with Crippen molar-refractivity contribution in [2.45, 2.75) is 70.4 Å². The van der Waals surface area contributed by atoms with Gasteiger partial charge in [-0.25, -0.2) is 4.39 Å². The fourth-order valence-electron chi connectivity index (χ4n) is 6.73. The summed E-state index contributed by atoms with van der Waals surface area (Å²) < 4.78 is 26.4.